The fraction of sp³-hybridized carbons (Fsp3) is 0.643. The molecule has 3 rings (SSSR count). The van der Waals surface area contributed by atoms with Crippen LogP contribution in [0, 0.1) is 0 Å². The van der Waals surface area contributed by atoms with E-state index in [2.05, 4.69) is 39.1 Å². The van der Waals surface area contributed by atoms with Crippen LogP contribution in [0.15, 0.2) is 12.1 Å². The van der Waals surface area contributed by atoms with Crippen LogP contribution < -0.4 is 0 Å². The Morgan fingerprint density at radius 1 is 1.11 bits per heavy atom. The molecule has 37 heavy (non-hydrogen) atoms. The Morgan fingerprint density at radius 3 is 2.16 bits per heavy atom. The van der Waals surface area contributed by atoms with Crippen LogP contribution in [0.25, 0.3) is 10.9 Å². The van der Waals surface area contributed by atoms with Gasteiger partial charge in [-0.05, 0) is 49.3 Å². The van der Waals surface area contributed by atoms with Crippen LogP contribution in [-0.2, 0) is 22.6 Å². The van der Waals surface area contributed by atoms with Crippen molar-refractivity contribution in [3.63, 3.8) is 0 Å². The first-order valence-electron chi connectivity index (χ1n) is 13.4. The Kier molecular flexibility index (Phi) is 15.0. The Balaban J connectivity index is 0.00000104. The molecule has 0 saturated carbocycles. The maximum Gasteiger partial charge on any atom is 0.244 e. The Hall–Kier alpha value is -2.55. The fourth-order valence-electron chi connectivity index (χ4n) is 4.69. The predicted molar refractivity (Wildman–Crippen MR) is 148 cm³/mol. The van der Waals surface area contributed by atoms with E-state index in [1.807, 2.05) is 23.3 Å². The first-order valence-corrected chi connectivity index (χ1v) is 13.4. The molecule has 0 bridgehead atoms. The third-order valence-electron chi connectivity index (χ3n) is 6.59. The van der Waals surface area contributed by atoms with Crippen molar-refractivity contribution in [1.82, 2.24) is 19.7 Å². The summed E-state index contributed by atoms with van der Waals surface area (Å²) in [5.74, 6) is 0.427. The Morgan fingerprint density at radius 2 is 1.65 bits per heavy atom. The van der Waals surface area contributed by atoms with Crippen LogP contribution >= 0.6 is 0 Å². The average molecular weight is 514 g/mol. The van der Waals surface area contributed by atoms with E-state index >= 15 is 0 Å². The topological polar surface area (TPSA) is 75.5 Å². The van der Waals surface area contributed by atoms with Crippen LogP contribution in [0.3, 0.4) is 0 Å². The molecule has 2 heterocycles. The molecule has 204 valence electrons. The summed E-state index contributed by atoms with van der Waals surface area (Å²) in [5.41, 5.74) is 3.93. The molecule has 2 radical (unpaired) electrons. The van der Waals surface area contributed by atoms with Crippen LogP contribution in [0.5, 0.6) is 0 Å². The number of aryl methyl sites for hydroxylation is 1. The van der Waals surface area contributed by atoms with Gasteiger partial charge < -0.3 is 9.69 Å². The summed E-state index contributed by atoms with van der Waals surface area (Å²) < 4.78 is 12.4. The second kappa shape index (κ2) is 17.1. The summed E-state index contributed by atoms with van der Waals surface area (Å²) in [6, 6.07) is 4.39. The molecule has 9 heteroatoms. The highest BCUT2D eigenvalue weighted by atomic mass is 19.2. The lowest BCUT2D eigenvalue weighted by Crippen LogP contribution is -2.34. The van der Waals surface area contributed by atoms with Crippen molar-refractivity contribution in [3.8, 4) is 0 Å². The quantitative estimate of drug-likeness (QED) is 0.303. The van der Waals surface area contributed by atoms with Gasteiger partial charge in [-0.1, -0.05) is 58.4 Å². The minimum atomic E-state index is -0.0405. The number of hydrogen-bond acceptors (Lipinski definition) is 5. The van der Waals surface area contributed by atoms with Gasteiger partial charge in [-0.25, -0.2) is 5.03 Å². The monoisotopic (exact) mass is 514 g/mol. The number of likely N-dealkylation sites (N-methyl/N-ethyl adjacent to an activating group) is 1. The van der Waals surface area contributed by atoms with Gasteiger partial charge in [0.25, 0.3) is 0 Å². The first kappa shape index (κ1) is 32.5. The summed E-state index contributed by atoms with van der Waals surface area (Å²) in [4.78, 5) is 35.5. The largest absolute Gasteiger partial charge is 0.341 e. The molecule has 0 saturated heterocycles. The first-order chi connectivity index (χ1) is 17.6. The maximum atomic E-state index is 13.1. The van der Waals surface area contributed by atoms with Crippen molar-refractivity contribution >= 4 is 37.4 Å². The number of rotatable bonds is 3. The molecule has 1 aromatic heterocycles. The van der Waals surface area contributed by atoms with Gasteiger partial charge in [-0.2, -0.15) is 5.10 Å². The van der Waals surface area contributed by atoms with E-state index in [1.54, 1.807) is 6.92 Å². The van der Waals surface area contributed by atoms with E-state index in [1.165, 1.54) is 49.7 Å². The number of carbonyl (C=O) groups is 3. The summed E-state index contributed by atoms with van der Waals surface area (Å²) in [7, 11) is 5.39. The van der Waals surface area contributed by atoms with Gasteiger partial charge >= 0.3 is 0 Å². The smallest absolute Gasteiger partial charge is 0.244 e. The van der Waals surface area contributed by atoms with Crippen molar-refractivity contribution in [2.24, 2.45) is 0 Å². The van der Waals surface area contributed by atoms with Crippen molar-refractivity contribution in [1.29, 1.82) is 0 Å². The molecular weight excluding hydrogens is 470 g/mol. The number of Topliss-reactive ketones (excluding diaryl/α,β-unsaturated/α-hetero) is 1. The molecule has 0 N–H and O–H groups in total. The molecule has 1 amide bonds. The van der Waals surface area contributed by atoms with E-state index in [4.69, 9.17) is 4.79 Å². The van der Waals surface area contributed by atoms with E-state index < -0.39 is 0 Å². The highest BCUT2D eigenvalue weighted by Gasteiger charge is 2.22. The second-order valence-electron chi connectivity index (χ2n) is 9.87. The van der Waals surface area contributed by atoms with Crippen LogP contribution in [0.4, 0.5) is 4.48 Å². The lowest BCUT2D eigenvalue weighted by atomic mass is 9.94. The molecule has 0 unspecified atom stereocenters. The lowest BCUT2D eigenvalue weighted by Gasteiger charge is -2.21. The summed E-state index contributed by atoms with van der Waals surface area (Å²) in [6.07, 6.45) is 10.7. The Labute approximate surface area is 223 Å². The summed E-state index contributed by atoms with van der Waals surface area (Å²) in [5, 5.41) is 5.57. The lowest BCUT2D eigenvalue weighted by molar-refractivity contribution is -0.131. The number of ketones is 1. The third-order valence-corrected chi connectivity index (χ3v) is 6.59. The number of benzene rings is 1. The van der Waals surface area contributed by atoms with Gasteiger partial charge in [-0.3, -0.25) is 14.3 Å². The zero-order valence-corrected chi connectivity index (χ0v) is 23.4. The molecule has 1 aliphatic rings. The number of aromatic nitrogens is 2. The Bertz CT molecular complexity index is 991. The number of nitrogens with zero attached hydrogens (tertiary/aromatic N) is 4. The molecule has 0 fully saturated rings. The van der Waals surface area contributed by atoms with Gasteiger partial charge in [0.1, 0.15) is 19.0 Å². The van der Waals surface area contributed by atoms with Crippen molar-refractivity contribution in [2.45, 2.75) is 97.9 Å². The SMILES string of the molecule is C=O.CCN1CCCCCCCCCCc2cc(C(C)C)cc3c(C(C)=O)nn(c23)CC1=O.[B]N(C)F. The number of hydrogen-bond donors (Lipinski definition) is 0. The predicted octanol–water partition coefficient (Wildman–Crippen LogP) is 5.59. The van der Waals surface area contributed by atoms with Gasteiger partial charge in [0.15, 0.2) is 5.78 Å². The fourth-order valence-corrected chi connectivity index (χ4v) is 4.69. The standard InChI is InChI=1S/C26H39N3O2.CH3BFN.CH2O/c1-5-28-15-13-11-9-7-6-8-10-12-14-21-16-22(19(2)3)17-23-25(20(4)30)27-29(26(21)23)18-24(28)31;1-4(2)3;1-2/h16-17,19H,5-15,18H2,1-4H3;1H3;1H2. The van der Waals surface area contributed by atoms with Gasteiger partial charge in [0.2, 0.25) is 13.9 Å². The van der Waals surface area contributed by atoms with Crippen LogP contribution in [0.2, 0.25) is 0 Å². The van der Waals surface area contributed by atoms with Gasteiger partial charge in [-0.15, -0.1) is 4.48 Å². The van der Waals surface area contributed by atoms with E-state index in [9.17, 15) is 14.1 Å². The van der Waals surface area contributed by atoms with E-state index in [0.29, 0.717) is 18.2 Å². The molecule has 0 spiro atoms. The van der Waals surface area contributed by atoms with Crippen molar-refractivity contribution < 1.29 is 18.9 Å². The zero-order chi connectivity index (χ0) is 28.0. The highest BCUT2D eigenvalue weighted by molar-refractivity contribution is 6.06. The van der Waals surface area contributed by atoms with E-state index in [-0.39, 0.29) is 23.3 Å². The minimum absolute atomic E-state index is 0. The zero-order valence-electron chi connectivity index (χ0n) is 23.4. The second-order valence-corrected chi connectivity index (χ2v) is 9.87. The van der Waals surface area contributed by atoms with Gasteiger partial charge in [0.05, 0.1) is 5.52 Å². The number of amides is 1. The molecule has 1 aliphatic heterocycles. The minimum Gasteiger partial charge on any atom is -0.341 e. The molecule has 7 nitrogen and oxygen atoms in total. The molecule has 0 aliphatic carbocycles. The number of carbonyl (C=O) groups excluding carboxylic acids is 3. The van der Waals surface area contributed by atoms with Crippen molar-refractivity contribution in [3.05, 3.63) is 29.0 Å². The van der Waals surface area contributed by atoms with Crippen LogP contribution in [-0.4, -0.2) is 66.3 Å². The van der Waals surface area contributed by atoms with Crippen molar-refractivity contribution in [2.75, 3.05) is 20.1 Å². The van der Waals surface area contributed by atoms with Gasteiger partial charge in [0, 0.05) is 32.4 Å². The molecule has 1 aromatic carbocycles. The summed E-state index contributed by atoms with van der Waals surface area (Å²) in [6.45, 7) is 11.7. The molecular formula is C28H44BFN4O3. The summed E-state index contributed by atoms with van der Waals surface area (Å²) >= 11 is 0. The number of halogens is 1. The van der Waals surface area contributed by atoms with Crippen LogP contribution in [0.1, 0.15) is 107 Å². The molecule has 0 atom stereocenters. The molecule has 2 aromatic rings. The van der Waals surface area contributed by atoms with E-state index in [0.717, 1.165) is 43.8 Å². The third kappa shape index (κ3) is 10.4. The highest BCUT2D eigenvalue weighted by Crippen LogP contribution is 2.30. The average Bonchev–Trinajstić information content (AvgIpc) is 3.21. The maximum absolute atomic E-state index is 13.1. The normalized spacial score (nSPS) is 15.7.